The molecule has 1 saturated heterocycles. The number of benzene rings is 1. The summed E-state index contributed by atoms with van der Waals surface area (Å²) in [6.07, 6.45) is 2.33. The first-order valence-electron chi connectivity index (χ1n) is 7.57. The van der Waals surface area contributed by atoms with Gasteiger partial charge in [-0.15, -0.1) is 12.4 Å². The van der Waals surface area contributed by atoms with E-state index in [-0.39, 0.29) is 42.7 Å². The van der Waals surface area contributed by atoms with Crippen molar-refractivity contribution in [2.45, 2.75) is 38.3 Å². The molecule has 2 atom stereocenters. The summed E-state index contributed by atoms with van der Waals surface area (Å²) in [5.41, 5.74) is 0.926. The van der Waals surface area contributed by atoms with E-state index in [0.717, 1.165) is 36.0 Å². The zero-order chi connectivity index (χ0) is 15.9. The fourth-order valence-electron chi connectivity index (χ4n) is 2.64. The number of hydrogen-bond acceptors (Lipinski definition) is 3. The van der Waals surface area contributed by atoms with Crippen molar-refractivity contribution in [3.05, 3.63) is 34.3 Å². The largest absolute Gasteiger partial charge is 0.352 e. The van der Waals surface area contributed by atoms with Gasteiger partial charge in [-0.25, -0.2) is 0 Å². The zero-order valence-electron chi connectivity index (χ0n) is 13.1. The summed E-state index contributed by atoms with van der Waals surface area (Å²) in [5, 5.41) is 9.17. The van der Waals surface area contributed by atoms with Crippen LogP contribution in [0, 0.1) is 0 Å². The van der Waals surface area contributed by atoms with Crippen LogP contribution in [0.25, 0.3) is 0 Å². The zero-order valence-corrected chi connectivity index (χ0v) is 15.5. The molecule has 2 rings (SSSR count). The molecule has 1 unspecified atom stereocenters. The molecular weight excluding hydrogens is 382 g/mol. The van der Waals surface area contributed by atoms with Crippen LogP contribution in [0.15, 0.2) is 28.7 Å². The van der Waals surface area contributed by atoms with Crippen LogP contribution in [-0.4, -0.2) is 30.9 Å². The molecular formula is C16H23BrClN3O2. The molecule has 0 aliphatic carbocycles. The maximum Gasteiger partial charge on any atom is 0.222 e. The van der Waals surface area contributed by atoms with Crippen LogP contribution in [0.4, 0.5) is 0 Å². The Morgan fingerprint density at radius 2 is 2.04 bits per heavy atom. The molecule has 1 aromatic carbocycles. The number of carbonyl (C=O) groups is 2. The van der Waals surface area contributed by atoms with Crippen molar-refractivity contribution >= 4 is 40.2 Å². The third kappa shape index (κ3) is 6.89. The number of rotatable bonds is 5. The highest BCUT2D eigenvalue weighted by Crippen LogP contribution is 2.20. The summed E-state index contributed by atoms with van der Waals surface area (Å²) < 4.78 is 0.968. The molecule has 0 saturated carbocycles. The Morgan fingerprint density at radius 3 is 2.61 bits per heavy atom. The van der Waals surface area contributed by atoms with Crippen LogP contribution in [0.1, 0.15) is 37.8 Å². The third-order valence-corrected chi connectivity index (χ3v) is 4.23. The minimum atomic E-state index is -0.304. The molecule has 1 fully saturated rings. The number of piperidine rings is 1. The number of amides is 2. The van der Waals surface area contributed by atoms with Crippen molar-refractivity contribution in [2.75, 3.05) is 13.1 Å². The van der Waals surface area contributed by atoms with E-state index in [2.05, 4.69) is 31.9 Å². The Hall–Kier alpha value is -1.11. The Bertz CT molecular complexity index is 519. The van der Waals surface area contributed by atoms with Crippen molar-refractivity contribution in [2.24, 2.45) is 0 Å². The molecule has 7 heteroatoms. The van der Waals surface area contributed by atoms with Gasteiger partial charge in [-0.2, -0.15) is 0 Å². The monoisotopic (exact) mass is 403 g/mol. The van der Waals surface area contributed by atoms with Crippen LogP contribution in [0.5, 0.6) is 0 Å². The van der Waals surface area contributed by atoms with Gasteiger partial charge < -0.3 is 16.0 Å². The van der Waals surface area contributed by atoms with Gasteiger partial charge in [-0.05, 0) is 37.1 Å². The lowest BCUT2D eigenvalue weighted by Crippen LogP contribution is -2.46. The van der Waals surface area contributed by atoms with Gasteiger partial charge in [0.1, 0.15) is 0 Å². The molecule has 3 N–H and O–H groups in total. The Balaban J connectivity index is 0.00000264. The second-order valence-electron chi connectivity index (χ2n) is 5.62. The molecule has 23 heavy (non-hydrogen) atoms. The molecule has 5 nitrogen and oxygen atoms in total. The molecule has 0 aromatic heterocycles. The van der Waals surface area contributed by atoms with Gasteiger partial charge in [0.2, 0.25) is 11.8 Å². The standard InChI is InChI=1S/C16H22BrN3O2.ClH/c1-11(21)19-15(12-4-6-13(17)7-5-12)9-16(22)20-14-3-2-8-18-10-14;/h4-7,14-15,18H,2-3,8-10H2,1H3,(H,19,21)(H,20,22);1H/t14-,15?;/m0./s1. The van der Waals surface area contributed by atoms with Crippen LogP contribution in [0.2, 0.25) is 0 Å². The highest BCUT2D eigenvalue weighted by Gasteiger charge is 2.20. The molecule has 1 aliphatic heterocycles. The van der Waals surface area contributed by atoms with Gasteiger partial charge in [0.15, 0.2) is 0 Å². The van der Waals surface area contributed by atoms with E-state index in [9.17, 15) is 9.59 Å². The van der Waals surface area contributed by atoms with Crippen LogP contribution >= 0.6 is 28.3 Å². The third-order valence-electron chi connectivity index (χ3n) is 3.70. The smallest absolute Gasteiger partial charge is 0.222 e. The fraction of sp³-hybridized carbons (Fsp3) is 0.500. The molecule has 0 radical (unpaired) electrons. The molecule has 1 aromatic rings. The molecule has 128 valence electrons. The second-order valence-corrected chi connectivity index (χ2v) is 6.54. The first-order chi connectivity index (χ1) is 10.5. The second kappa shape index (κ2) is 9.90. The normalized spacial score (nSPS) is 18.4. The van der Waals surface area contributed by atoms with Crippen LogP contribution in [-0.2, 0) is 9.59 Å². The van der Waals surface area contributed by atoms with Crippen molar-refractivity contribution in [3.8, 4) is 0 Å². The van der Waals surface area contributed by atoms with Crippen molar-refractivity contribution in [1.82, 2.24) is 16.0 Å². The SMILES string of the molecule is CC(=O)NC(CC(=O)N[C@H]1CCCNC1)c1ccc(Br)cc1.Cl. The van der Waals surface area contributed by atoms with Crippen LogP contribution < -0.4 is 16.0 Å². The maximum absolute atomic E-state index is 12.2. The topological polar surface area (TPSA) is 70.2 Å². The molecule has 2 amide bonds. The number of carbonyl (C=O) groups excluding carboxylic acids is 2. The number of hydrogen-bond donors (Lipinski definition) is 3. The minimum absolute atomic E-state index is 0. The highest BCUT2D eigenvalue weighted by molar-refractivity contribution is 9.10. The summed E-state index contributed by atoms with van der Waals surface area (Å²) in [7, 11) is 0. The van der Waals surface area contributed by atoms with Gasteiger partial charge in [-0.1, -0.05) is 28.1 Å². The minimum Gasteiger partial charge on any atom is -0.352 e. The Morgan fingerprint density at radius 1 is 1.35 bits per heavy atom. The molecule has 0 bridgehead atoms. The van der Waals surface area contributed by atoms with Crippen molar-refractivity contribution < 1.29 is 9.59 Å². The first-order valence-corrected chi connectivity index (χ1v) is 8.36. The van der Waals surface area contributed by atoms with E-state index in [4.69, 9.17) is 0 Å². The van der Waals surface area contributed by atoms with Crippen LogP contribution in [0.3, 0.4) is 0 Å². The quantitative estimate of drug-likeness (QED) is 0.705. The highest BCUT2D eigenvalue weighted by atomic mass is 79.9. The predicted molar refractivity (Wildman–Crippen MR) is 96.6 cm³/mol. The van der Waals surface area contributed by atoms with E-state index in [1.54, 1.807) is 0 Å². The Labute approximate surface area is 151 Å². The van der Waals surface area contributed by atoms with E-state index >= 15 is 0 Å². The Kier molecular flexibility index (Phi) is 8.58. The molecule has 1 aliphatic rings. The summed E-state index contributed by atoms with van der Waals surface area (Å²) in [6.45, 7) is 3.30. The van der Waals surface area contributed by atoms with E-state index in [1.165, 1.54) is 6.92 Å². The fourth-order valence-corrected chi connectivity index (χ4v) is 2.90. The first kappa shape index (κ1) is 19.9. The summed E-state index contributed by atoms with van der Waals surface area (Å²) in [6, 6.07) is 7.53. The summed E-state index contributed by atoms with van der Waals surface area (Å²) in [4.78, 5) is 23.6. The lowest BCUT2D eigenvalue weighted by atomic mass is 10.0. The van der Waals surface area contributed by atoms with Gasteiger partial charge in [0.25, 0.3) is 0 Å². The molecule has 0 spiro atoms. The maximum atomic E-state index is 12.2. The van der Waals surface area contributed by atoms with Gasteiger partial charge in [0, 0.05) is 24.0 Å². The lowest BCUT2D eigenvalue weighted by Gasteiger charge is -2.25. The predicted octanol–water partition coefficient (Wildman–Crippen LogP) is 2.31. The lowest BCUT2D eigenvalue weighted by molar-refractivity contribution is -0.123. The van der Waals surface area contributed by atoms with E-state index in [0.29, 0.717) is 0 Å². The average Bonchev–Trinajstić information content (AvgIpc) is 2.48. The number of halogens is 2. The number of nitrogens with one attached hydrogen (secondary N) is 3. The van der Waals surface area contributed by atoms with Crippen molar-refractivity contribution in [1.29, 1.82) is 0 Å². The van der Waals surface area contributed by atoms with Gasteiger partial charge in [-0.3, -0.25) is 9.59 Å². The van der Waals surface area contributed by atoms with Gasteiger partial charge >= 0.3 is 0 Å². The molecule has 1 heterocycles. The van der Waals surface area contributed by atoms with Crippen molar-refractivity contribution in [3.63, 3.8) is 0 Å². The average molecular weight is 405 g/mol. The van der Waals surface area contributed by atoms with E-state index < -0.39 is 0 Å². The van der Waals surface area contributed by atoms with Gasteiger partial charge in [0.05, 0.1) is 12.5 Å². The summed E-state index contributed by atoms with van der Waals surface area (Å²) >= 11 is 3.39. The van der Waals surface area contributed by atoms with E-state index in [1.807, 2.05) is 24.3 Å². The summed E-state index contributed by atoms with van der Waals surface area (Å²) in [5.74, 6) is -0.171.